The smallest absolute Gasteiger partial charge is 0.253 e. The highest BCUT2D eigenvalue weighted by Gasteiger charge is 2.29. The van der Waals surface area contributed by atoms with E-state index < -0.39 is 35.6 Å². The van der Waals surface area contributed by atoms with Gasteiger partial charge < -0.3 is 16.4 Å². The molecule has 2 rings (SSSR count). The summed E-state index contributed by atoms with van der Waals surface area (Å²) in [7, 11) is 5.16. The van der Waals surface area contributed by atoms with Gasteiger partial charge in [0.2, 0.25) is 19.7 Å². The van der Waals surface area contributed by atoms with E-state index >= 15 is 0 Å². The third kappa shape index (κ3) is 6.18. The molecule has 4 N–H and O–H groups in total. The summed E-state index contributed by atoms with van der Waals surface area (Å²) >= 11 is 0. The molecule has 2 aromatic rings. The Morgan fingerprint density at radius 3 is 1.90 bits per heavy atom. The molecular formula is C22H25BN4O4. The van der Waals surface area contributed by atoms with Crippen LogP contribution in [0.1, 0.15) is 31.1 Å². The van der Waals surface area contributed by atoms with Gasteiger partial charge in [0.1, 0.15) is 12.1 Å². The van der Waals surface area contributed by atoms with Crippen LogP contribution >= 0.6 is 0 Å². The highest BCUT2D eigenvalue weighted by molar-refractivity contribution is 6.57. The Kier molecular flexibility index (Phi) is 7.96. The lowest BCUT2D eigenvalue weighted by Gasteiger charge is -2.28. The van der Waals surface area contributed by atoms with Crippen LogP contribution in [0.25, 0.3) is 0 Å². The summed E-state index contributed by atoms with van der Waals surface area (Å²) in [4.78, 5) is 50.0. The molecule has 4 amide bonds. The Morgan fingerprint density at radius 1 is 0.871 bits per heavy atom. The molecule has 0 aliphatic heterocycles. The first-order valence-corrected chi connectivity index (χ1v) is 9.77. The molecule has 8 nitrogen and oxygen atoms in total. The lowest BCUT2D eigenvalue weighted by Crippen LogP contribution is -2.54. The number of carbonyl (C=O) groups is 4. The minimum Gasteiger partial charge on any atom is -0.366 e. The number of primary amides is 1. The maximum Gasteiger partial charge on any atom is 0.253 e. The van der Waals surface area contributed by atoms with Gasteiger partial charge in [-0.2, -0.15) is 0 Å². The van der Waals surface area contributed by atoms with Crippen LogP contribution in [-0.2, 0) is 9.59 Å². The number of benzene rings is 2. The number of nitrogens with zero attached hydrogens (tertiary/aromatic N) is 1. The van der Waals surface area contributed by atoms with Gasteiger partial charge in [-0.05, 0) is 49.2 Å². The first-order valence-electron chi connectivity index (χ1n) is 9.77. The maximum absolute atomic E-state index is 13.3. The minimum atomic E-state index is -0.917. The van der Waals surface area contributed by atoms with Crippen molar-refractivity contribution in [2.45, 2.75) is 32.9 Å². The van der Waals surface area contributed by atoms with Crippen molar-refractivity contribution < 1.29 is 19.2 Å². The molecule has 0 aromatic heterocycles. The summed E-state index contributed by atoms with van der Waals surface area (Å²) < 4.78 is 0. The number of hydrogen-bond donors (Lipinski definition) is 3. The number of hydrogen-bond acceptors (Lipinski definition) is 4. The highest BCUT2D eigenvalue weighted by Crippen LogP contribution is 2.26. The molecule has 0 heterocycles. The van der Waals surface area contributed by atoms with Crippen LogP contribution in [0.5, 0.6) is 0 Å². The van der Waals surface area contributed by atoms with Crippen molar-refractivity contribution >= 4 is 42.7 Å². The summed E-state index contributed by atoms with van der Waals surface area (Å²) in [6.45, 7) is 5.06. The summed E-state index contributed by atoms with van der Waals surface area (Å²) in [5.74, 6) is -2.57. The van der Waals surface area contributed by atoms with E-state index in [1.54, 1.807) is 57.2 Å². The lowest BCUT2D eigenvalue weighted by molar-refractivity contribution is -0.128. The Morgan fingerprint density at radius 2 is 1.42 bits per heavy atom. The molecular weight excluding hydrogens is 395 g/mol. The van der Waals surface area contributed by atoms with Crippen LogP contribution in [-0.4, -0.2) is 43.5 Å². The van der Waals surface area contributed by atoms with E-state index in [0.717, 1.165) is 0 Å². The predicted molar refractivity (Wildman–Crippen MR) is 119 cm³/mol. The van der Waals surface area contributed by atoms with Gasteiger partial charge in [0.15, 0.2) is 5.81 Å². The molecule has 2 radical (unpaired) electrons. The number of nitrogens with two attached hydrogens (primary N) is 1. The van der Waals surface area contributed by atoms with E-state index in [1.807, 2.05) is 6.07 Å². The average Bonchev–Trinajstić information content (AvgIpc) is 2.72. The Bertz CT molecular complexity index is 948. The van der Waals surface area contributed by atoms with Crippen molar-refractivity contribution in [2.24, 2.45) is 11.7 Å². The molecule has 2 unspecified atom stereocenters. The summed E-state index contributed by atoms with van der Waals surface area (Å²) in [5, 5.41) is 5.03. The van der Waals surface area contributed by atoms with Gasteiger partial charge in [-0.15, -0.1) is 0 Å². The number of nitrogens with one attached hydrogen (secondary N) is 2. The van der Waals surface area contributed by atoms with Crippen LogP contribution < -0.4 is 21.3 Å². The average molecular weight is 420 g/mol. The topological polar surface area (TPSA) is 122 Å². The molecule has 160 valence electrons. The molecule has 2 atom stereocenters. The molecule has 0 saturated heterocycles. The third-order valence-electron chi connectivity index (χ3n) is 4.62. The molecule has 0 aliphatic carbocycles. The molecule has 0 saturated carbocycles. The largest absolute Gasteiger partial charge is 0.366 e. The van der Waals surface area contributed by atoms with E-state index in [2.05, 4.69) is 10.6 Å². The van der Waals surface area contributed by atoms with Crippen LogP contribution in [0.4, 0.5) is 16.2 Å². The summed E-state index contributed by atoms with van der Waals surface area (Å²) in [6, 6.07) is 13.3. The van der Waals surface area contributed by atoms with Crippen LogP contribution in [0.3, 0.4) is 0 Å². The summed E-state index contributed by atoms with van der Waals surface area (Å²) in [5.41, 5.74) is 6.68. The first-order chi connectivity index (χ1) is 14.6. The normalized spacial score (nSPS) is 12.5. The number of carbonyl (C=O) groups excluding carboxylic acids is 4. The van der Waals surface area contributed by atoms with Gasteiger partial charge in [0.25, 0.3) is 5.91 Å². The standard InChI is InChI=1S/C22H25BN4O4/c1-13(2)18(26-22(23)31)20(29)25-14(3)21(30)27(16-7-5-4-6-8-16)17-11-9-15(10-12-17)19(24)28/h4-14,18H,1-3H3,(H2,24,28)(H,25,29)(H,26,31). The zero-order valence-electron chi connectivity index (χ0n) is 17.7. The SMILES string of the molecule is [B]C(=O)NC(C(=O)NC(C)C(=O)N(c1ccccc1)c1ccc(C(N)=O)cc1)C(C)C. The second-order valence-corrected chi connectivity index (χ2v) is 7.38. The van der Waals surface area contributed by atoms with Gasteiger partial charge in [-0.25, -0.2) is 0 Å². The second kappa shape index (κ2) is 10.4. The van der Waals surface area contributed by atoms with Gasteiger partial charge in [0, 0.05) is 16.9 Å². The fraction of sp³-hybridized carbons (Fsp3) is 0.273. The lowest BCUT2D eigenvalue weighted by atomic mass is 10.0. The van der Waals surface area contributed by atoms with Crippen LogP contribution in [0.2, 0.25) is 0 Å². The fourth-order valence-electron chi connectivity index (χ4n) is 3.00. The van der Waals surface area contributed by atoms with E-state index in [1.165, 1.54) is 17.0 Å². The third-order valence-corrected chi connectivity index (χ3v) is 4.62. The molecule has 31 heavy (non-hydrogen) atoms. The number of rotatable bonds is 8. The van der Waals surface area contributed by atoms with Crippen molar-refractivity contribution in [3.05, 3.63) is 60.2 Å². The number of para-hydroxylation sites is 1. The van der Waals surface area contributed by atoms with Crippen molar-refractivity contribution in [1.29, 1.82) is 0 Å². The zero-order valence-corrected chi connectivity index (χ0v) is 17.7. The fourth-order valence-corrected chi connectivity index (χ4v) is 3.00. The Balaban J connectivity index is 2.31. The zero-order chi connectivity index (χ0) is 23.1. The van der Waals surface area contributed by atoms with Gasteiger partial charge in [-0.1, -0.05) is 32.0 Å². The predicted octanol–water partition coefficient (Wildman–Crippen LogP) is 1.86. The van der Waals surface area contributed by atoms with E-state index in [4.69, 9.17) is 13.6 Å². The molecule has 0 bridgehead atoms. The van der Waals surface area contributed by atoms with Crippen molar-refractivity contribution in [3.63, 3.8) is 0 Å². The van der Waals surface area contributed by atoms with E-state index in [0.29, 0.717) is 16.9 Å². The molecule has 0 spiro atoms. The molecule has 0 aliphatic rings. The quantitative estimate of drug-likeness (QED) is 0.565. The van der Waals surface area contributed by atoms with Crippen LogP contribution in [0.15, 0.2) is 54.6 Å². The number of amides is 4. The van der Waals surface area contributed by atoms with Crippen molar-refractivity contribution in [3.8, 4) is 0 Å². The van der Waals surface area contributed by atoms with Crippen LogP contribution in [0, 0.1) is 5.92 Å². The van der Waals surface area contributed by atoms with E-state index in [9.17, 15) is 19.2 Å². The van der Waals surface area contributed by atoms with Crippen molar-refractivity contribution in [2.75, 3.05) is 4.90 Å². The molecule has 0 fully saturated rings. The van der Waals surface area contributed by atoms with Gasteiger partial charge in [-0.3, -0.25) is 24.1 Å². The maximum atomic E-state index is 13.3. The molecule has 9 heteroatoms. The van der Waals surface area contributed by atoms with Crippen molar-refractivity contribution in [1.82, 2.24) is 10.6 Å². The summed E-state index contributed by atoms with van der Waals surface area (Å²) in [6.07, 6.45) is 0. The van der Waals surface area contributed by atoms with Gasteiger partial charge in [0.05, 0.1) is 0 Å². The minimum absolute atomic E-state index is 0.235. The first kappa shape index (κ1) is 23.7. The Labute approximate surface area is 182 Å². The molecule has 2 aromatic carbocycles. The Hall–Kier alpha value is -3.62. The van der Waals surface area contributed by atoms with Gasteiger partial charge >= 0.3 is 0 Å². The highest BCUT2D eigenvalue weighted by atomic mass is 16.2. The number of anilines is 2. The van der Waals surface area contributed by atoms with E-state index in [-0.39, 0.29) is 5.92 Å². The monoisotopic (exact) mass is 420 g/mol. The second-order valence-electron chi connectivity index (χ2n) is 7.38.